The first-order valence-electron chi connectivity index (χ1n) is 7.72. The first-order valence-corrected chi connectivity index (χ1v) is 7.72. The van der Waals surface area contributed by atoms with Crippen LogP contribution in [0.1, 0.15) is 27.7 Å². The van der Waals surface area contributed by atoms with Crippen molar-refractivity contribution in [1.29, 1.82) is 0 Å². The maximum atomic E-state index is 12.4. The Morgan fingerprint density at radius 1 is 1.04 bits per heavy atom. The number of esters is 1. The molecule has 0 radical (unpaired) electrons. The minimum absolute atomic E-state index is 0.00250. The number of carbonyl (C=O) groups excluding carboxylic acids is 1. The van der Waals surface area contributed by atoms with E-state index in [1.54, 1.807) is 26.8 Å². The third-order valence-corrected chi connectivity index (χ3v) is 3.30. The van der Waals surface area contributed by atoms with Crippen LogP contribution in [-0.4, -0.2) is 16.7 Å². The largest absolute Gasteiger partial charge is 0.510 e. The Hall–Kier alpha value is -3.29. The maximum absolute atomic E-state index is 12.4. The van der Waals surface area contributed by atoms with E-state index in [0.29, 0.717) is 0 Å². The van der Waals surface area contributed by atoms with Crippen LogP contribution >= 0.6 is 0 Å². The Morgan fingerprint density at radius 3 is 2.08 bits per heavy atom. The number of fused-ring (bicyclic) bond motifs is 1. The van der Waals surface area contributed by atoms with Crippen molar-refractivity contribution in [3.8, 4) is 0 Å². The predicted molar refractivity (Wildman–Crippen MR) is 95.0 cm³/mol. The lowest BCUT2D eigenvalue weighted by atomic mass is 10.1. The average Bonchev–Trinajstić information content (AvgIpc) is 2.54. The second-order valence-corrected chi connectivity index (χ2v) is 6.57. The number of nitrogens with one attached hydrogen (secondary N) is 1. The number of aliphatic hydroxyl groups excluding tert-OH is 1. The van der Waals surface area contributed by atoms with Crippen LogP contribution in [0.5, 0.6) is 0 Å². The number of rotatable bonds is 3. The van der Waals surface area contributed by atoms with Crippen molar-refractivity contribution in [1.82, 2.24) is 5.43 Å². The highest BCUT2D eigenvalue weighted by Crippen LogP contribution is 2.11. The third kappa shape index (κ3) is 3.85. The van der Waals surface area contributed by atoms with Gasteiger partial charge in [0.15, 0.2) is 11.1 Å². The summed E-state index contributed by atoms with van der Waals surface area (Å²) in [6.45, 7) is 6.10. The molecule has 2 aromatic rings. The molecule has 0 amide bonds. The molecule has 0 aliphatic heterocycles. The topological polar surface area (TPSA) is 122 Å². The van der Waals surface area contributed by atoms with Gasteiger partial charge >= 0.3 is 5.97 Å². The van der Waals surface area contributed by atoms with Gasteiger partial charge < -0.3 is 9.84 Å². The molecule has 0 heterocycles. The zero-order valence-electron chi connectivity index (χ0n) is 14.7. The molecule has 0 atom stereocenters. The lowest BCUT2D eigenvalue weighted by Crippen LogP contribution is -2.48. The van der Waals surface area contributed by atoms with Crippen LogP contribution in [-0.2, 0) is 9.53 Å². The van der Waals surface area contributed by atoms with Crippen LogP contribution in [0.25, 0.3) is 10.8 Å². The maximum Gasteiger partial charge on any atom is 0.360 e. The molecule has 0 aliphatic rings. The van der Waals surface area contributed by atoms with Crippen LogP contribution in [0.15, 0.2) is 55.2 Å². The summed E-state index contributed by atoms with van der Waals surface area (Å²) in [5.41, 5.74) is -1.83. The quantitative estimate of drug-likeness (QED) is 0.267. The lowest BCUT2D eigenvalue weighted by molar-refractivity contribution is -0.150. The number of benzene rings is 2. The first-order chi connectivity index (χ1) is 12.0. The smallest absolute Gasteiger partial charge is 0.360 e. The molecular formula is C18H18N2O6. The molecule has 0 aliphatic carbocycles. The number of hydrogen-bond donors (Lipinski definition) is 2. The van der Waals surface area contributed by atoms with Gasteiger partial charge in [-0.15, -0.1) is 0 Å². The SMILES string of the molecule is C/C(O)=C(/N/N=c1\c(=O)c(=O)c2ccccc2c1=O)C(=O)OC(C)(C)C. The Bertz CT molecular complexity index is 1110. The van der Waals surface area contributed by atoms with Gasteiger partial charge in [0.05, 0.1) is 0 Å². The molecule has 2 N–H and O–H groups in total. The minimum atomic E-state index is -1.10. The molecule has 136 valence electrons. The highest BCUT2D eigenvalue weighted by Gasteiger charge is 2.22. The molecule has 0 bridgehead atoms. The van der Waals surface area contributed by atoms with E-state index < -0.39 is 44.7 Å². The second-order valence-electron chi connectivity index (χ2n) is 6.57. The van der Waals surface area contributed by atoms with Gasteiger partial charge in [0.25, 0.3) is 5.43 Å². The number of ether oxygens (including phenoxy) is 1. The Labute approximate surface area is 147 Å². The zero-order chi connectivity index (χ0) is 19.6. The molecule has 0 saturated carbocycles. The fourth-order valence-electron chi connectivity index (χ4n) is 2.16. The highest BCUT2D eigenvalue weighted by atomic mass is 16.6. The summed E-state index contributed by atoms with van der Waals surface area (Å²) in [5, 5.41) is 12.6. The number of carbonyl (C=O) groups is 1. The van der Waals surface area contributed by atoms with E-state index in [-0.39, 0.29) is 10.8 Å². The zero-order valence-corrected chi connectivity index (χ0v) is 14.7. The molecule has 2 rings (SSSR count). The lowest BCUT2D eigenvalue weighted by Gasteiger charge is -2.20. The second kappa shape index (κ2) is 6.91. The van der Waals surface area contributed by atoms with E-state index in [4.69, 9.17) is 4.74 Å². The van der Waals surface area contributed by atoms with Crippen LogP contribution < -0.4 is 27.1 Å². The van der Waals surface area contributed by atoms with Gasteiger partial charge in [0.1, 0.15) is 11.4 Å². The van der Waals surface area contributed by atoms with Gasteiger partial charge in [-0.05, 0) is 27.7 Å². The fourth-order valence-corrected chi connectivity index (χ4v) is 2.16. The number of hydrogen-bond acceptors (Lipinski definition) is 8. The van der Waals surface area contributed by atoms with Crippen LogP contribution in [0.2, 0.25) is 0 Å². The summed E-state index contributed by atoms with van der Waals surface area (Å²) < 4.78 is 5.11. The third-order valence-electron chi connectivity index (χ3n) is 3.30. The van der Waals surface area contributed by atoms with E-state index in [0.717, 1.165) is 0 Å². The van der Waals surface area contributed by atoms with Crippen molar-refractivity contribution in [2.24, 2.45) is 5.10 Å². The fraction of sp³-hybridized carbons (Fsp3) is 0.278. The summed E-state index contributed by atoms with van der Waals surface area (Å²) in [6, 6.07) is 5.87. The van der Waals surface area contributed by atoms with Crippen molar-refractivity contribution in [2.75, 3.05) is 0 Å². The van der Waals surface area contributed by atoms with Crippen LogP contribution in [0.4, 0.5) is 0 Å². The molecule has 0 aromatic heterocycles. The number of allylic oxidation sites excluding steroid dienone is 1. The first kappa shape index (κ1) is 19.0. The molecule has 26 heavy (non-hydrogen) atoms. The van der Waals surface area contributed by atoms with E-state index >= 15 is 0 Å². The molecule has 2 aromatic carbocycles. The standard InChI is InChI=1S/C18H18N2O6/c1-9(21)12(17(25)26-18(2,3)4)19-20-13-14(22)10-7-5-6-8-11(10)15(23)16(13)24/h5-8,19,21H,1-4H3/b12-9-,20-13-. The average molecular weight is 358 g/mol. The summed E-state index contributed by atoms with van der Waals surface area (Å²) in [6.07, 6.45) is 0. The van der Waals surface area contributed by atoms with Crippen molar-refractivity contribution < 1.29 is 14.6 Å². The molecule has 0 fully saturated rings. The molecule has 0 saturated heterocycles. The highest BCUT2D eigenvalue weighted by molar-refractivity contribution is 5.88. The number of nitrogens with zero attached hydrogens (tertiary/aromatic N) is 1. The Morgan fingerprint density at radius 2 is 1.58 bits per heavy atom. The summed E-state index contributed by atoms with van der Waals surface area (Å²) >= 11 is 0. The van der Waals surface area contributed by atoms with Gasteiger partial charge in [-0.1, -0.05) is 24.3 Å². The van der Waals surface area contributed by atoms with Crippen molar-refractivity contribution in [3.63, 3.8) is 0 Å². The van der Waals surface area contributed by atoms with E-state index in [1.807, 2.05) is 0 Å². The minimum Gasteiger partial charge on any atom is -0.510 e. The van der Waals surface area contributed by atoms with Gasteiger partial charge in [0, 0.05) is 10.8 Å². The molecule has 8 heteroatoms. The van der Waals surface area contributed by atoms with Crippen LogP contribution in [0, 0.1) is 0 Å². The molecule has 0 spiro atoms. The van der Waals surface area contributed by atoms with E-state index in [9.17, 15) is 24.3 Å². The van der Waals surface area contributed by atoms with Crippen molar-refractivity contribution in [3.05, 3.63) is 71.7 Å². The normalized spacial score (nSPS) is 13.5. The van der Waals surface area contributed by atoms with Crippen LogP contribution in [0.3, 0.4) is 0 Å². The summed E-state index contributed by atoms with van der Waals surface area (Å²) in [7, 11) is 0. The van der Waals surface area contributed by atoms with Crippen molar-refractivity contribution >= 4 is 16.7 Å². The van der Waals surface area contributed by atoms with E-state index in [1.165, 1.54) is 25.1 Å². The van der Waals surface area contributed by atoms with Gasteiger partial charge in [-0.3, -0.25) is 19.8 Å². The van der Waals surface area contributed by atoms with Gasteiger partial charge in [-0.2, -0.15) is 5.10 Å². The van der Waals surface area contributed by atoms with E-state index in [2.05, 4.69) is 10.5 Å². The Balaban J connectivity index is 2.59. The van der Waals surface area contributed by atoms with Gasteiger partial charge in [0.2, 0.25) is 10.9 Å². The van der Waals surface area contributed by atoms with Gasteiger partial charge in [-0.25, -0.2) is 4.79 Å². The summed E-state index contributed by atoms with van der Waals surface area (Å²) in [4.78, 5) is 48.8. The molecular weight excluding hydrogens is 340 g/mol. The number of aliphatic hydroxyl groups is 1. The molecule has 8 nitrogen and oxygen atoms in total. The Kier molecular flexibility index (Phi) is 5.06. The van der Waals surface area contributed by atoms with Crippen molar-refractivity contribution in [2.45, 2.75) is 33.3 Å². The predicted octanol–water partition coefficient (Wildman–Crippen LogP) is 0.332. The summed E-state index contributed by atoms with van der Waals surface area (Å²) in [5.74, 6) is -1.38. The monoisotopic (exact) mass is 358 g/mol. The molecule has 0 unspecified atom stereocenters.